The number of ketones is 1. The summed E-state index contributed by atoms with van der Waals surface area (Å²) < 4.78 is 5.21. The summed E-state index contributed by atoms with van der Waals surface area (Å²) in [4.78, 5) is 63.5. The second-order valence-corrected chi connectivity index (χ2v) is 10.5. The minimum absolute atomic E-state index is 0.0635. The number of aromatic hydroxyl groups is 1. The molecule has 0 spiro atoms. The number of carbonyl (C=O) groups is 5. The lowest BCUT2D eigenvalue weighted by atomic mass is 10.00. The molecule has 3 aromatic rings. The van der Waals surface area contributed by atoms with Crippen molar-refractivity contribution < 1.29 is 33.8 Å². The molecule has 0 saturated carbocycles. The van der Waals surface area contributed by atoms with Gasteiger partial charge in [-0.3, -0.25) is 19.2 Å². The summed E-state index contributed by atoms with van der Waals surface area (Å²) in [5, 5.41) is 17.4. The van der Waals surface area contributed by atoms with Crippen LogP contribution in [0.1, 0.15) is 45.1 Å². The van der Waals surface area contributed by atoms with Gasteiger partial charge in [-0.25, -0.2) is 4.79 Å². The number of phenols is 1. The van der Waals surface area contributed by atoms with Crippen LogP contribution in [-0.4, -0.2) is 59.8 Å². The molecule has 0 heterocycles. The van der Waals surface area contributed by atoms with Gasteiger partial charge in [0.25, 0.3) is 0 Å². The van der Waals surface area contributed by atoms with E-state index in [9.17, 15) is 29.1 Å². The summed E-state index contributed by atoms with van der Waals surface area (Å²) in [5.41, 5.74) is 4.34. The van der Waals surface area contributed by atoms with Gasteiger partial charge in [-0.05, 0) is 55.2 Å². The average Bonchev–Trinajstić information content (AvgIpc) is 2.95. The zero-order valence-electron chi connectivity index (χ0n) is 24.7. The molecule has 0 saturated heterocycles. The van der Waals surface area contributed by atoms with E-state index >= 15 is 0 Å². The molecule has 10 nitrogen and oxygen atoms in total. The molecule has 0 aliphatic heterocycles. The first-order valence-corrected chi connectivity index (χ1v) is 13.9. The standard InChI is InChI=1S/C33H37N3O7/c1-20-14-21(2)30(22(3)15-20)33(42)43-19-27(39)18-34-31(40)28(16-24-8-6-5-7-9-24)36-32(41)29(35-23(4)37)17-25-10-12-26(38)13-11-25/h5-15,28-29,38H,16-19H2,1-4H3,(H,34,40)(H,35,37)(H,36,41)/t28-,29-/m0/s1. The van der Waals surface area contributed by atoms with Gasteiger partial charge in [-0.15, -0.1) is 0 Å². The van der Waals surface area contributed by atoms with Crippen molar-refractivity contribution in [1.29, 1.82) is 0 Å². The van der Waals surface area contributed by atoms with Crippen LogP contribution < -0.4 is 16.0 Å². The van der Waals surface area contributed by atoms with Crippen molar-refractivity contribution in [2.75, 3.05) is 13.2 Å². The topological polar surface area (TPSA) is 151 Å². The zero-order valence-corrected chi connectivity index (χ0v) is 24.7. The molecule has 0 aliphatic carbocycles. The fraction of sp³-hybridized carbons (Fsp3) is 0.303. The smallest absolute Gasteiger partial charge is 0.339 e. The minimum Gasteiger partial charge on any atom is -0.508 e. The van der Waals surface area contributed by atoms with Crippen LogP contribution in [0.2, 0.25) is 0 Å². The van der Waals surface area contributed by atoms with Crippen molar-refractivity contribution in [2.45, 2.75) is 52.6 Å². The maximum absolute atomic E-state index is 13.3. The zero-order chi connectivity index (χ0) is 31.5. The van der Waals surface area contributed by atoms with Crippen LogP contribution in [0, 0.1) is 20.8 Å². The van der Waals surface area contributed by atoms with Gasteiger partial charge in [0.1, 0.15) is 17.8 Å². The van der Waals surface area contributed by atoms with Gasteiger partial charge in [0.15, 0.2) is 12.4 Å². The fourth-order valence-electron chi connectivity index (χ4n) is 4.73. The second-order valence-electron chi connectivity index (χ2n) is 10.5. The Labute approximate surface area is 250 Å². The van der Waals surface area contributed by atoms with Gasteiger partial charge in [-0.2, -0.15) is 0 Å². The Kier molecular flexibility index (Phi) is 11.6. The fourth-order valence-corrected chi connectivity index (χ4v) is 4.73. The van der Waals surface area contributed by atoms with Crippen molar-refractivity contribution in [3.63, 3.8) is 0 Å². The molecule has 10 heteroatoms. The third-order valence-corrected chi connectivity index (χ3v) is 6.69. The van der Waals surface area contributed by atoms with E-state index in [1.807, 2.05) is 25.1 Å². The predicted molar refractivity (Wildman–Crippen MR) is 160 cm³/mol. The summed E-state index contributed by atoms with van der Waals surface area (Å²) >= 11 is 0. The number of phenolic OH excluding ortho intramolecular Hbond substituents is 1. The molecule has 4 N–H and O–H groups in total. The van der Waals surface area contributed by atoms with E-state index in [0.29, 0.717) is 11.1 Å². The van der Waals surface area contributed by atoms with Crippen LogP contribution in [0.4, 0.5) is 0 Å². The minimum atomic E-state index is -1.07. The van der Waals surface area contributed by atoms with E-state index in [0.717, 1.165) is 22.3 Å². The van der Waals surface area contributed by atoms with Gasteiger partial charge in [0, 0.05) is 19.8 Å². The molecule has 3 rings (SSSR count). The van der Waals surface area contributed by atoms with E-state index < -0.39 is 54.7 Å². The van der Waals surface area contributed by atoms with E-state index in [1.54, 1.807) is 50.2 Å². The number of hydrogen-bond acceptors (Lipinski definition) is 7. The van der Waals surface area contributed by atoms with E-state index in [1.165, 1.54) is 19.1 Å². The summed E-state index contributed by atoms with van der Waals surface area (Å²) in [7, 11) is 0. The van der Waals surface area contributed by atoms with Crippen molar-refractivity contribution in [3.05, 3.63) is 100 Å². The van der Waals surface area contributed by atoms with Gasteiger partial charge in [-0.1, -0.05) is 60.2 Å². The summed E-state index contributed by atoms with van der Waals surface area (Å²) in [6.07, 6.45) is 0.245. The normalized spacial score (nSPS) is 12.0. The van der Waals surface area contributed by atoms with Crippen LogP contribution in [-0.2, 0) is 36.8 Å². The molecular formula is C33H37N3O7. The van der Waals surface area contributed by atoms with Crippen molar-refractivity contribution in [2.24, 2.45) is 0 Å². The molecule has 0 radical (unpaired) electrons. The number of esters is 1. The van der Waals surface area contributed by atoms with Gasteiger partial charge in [0.05, 0.1) is 12.1 Å². The Morgan fingerprint density at radius 3 is 1.91 bits per heavy atom. The third kappa shape index (κ3) is 10.1. The largest absolute Gasteiger partial charge is 0.508 e. The molecule has 0 unspecified atom stereocenters. The van der Waals surface area contributed by atoms with Crippen molar-refractivity contribution >= 4 is 29.5 Å². The Balaban J connectivity index is 1.66. The molecule has 2 atom stereocenters. The SMILES string of the molecule is CC(=O)N[C@@H](Cc1ccc(O)cc1)C(=O)N[C@@H](Cc1ccccc1)C(=O)NCC(=O)COC(=O)c1c(C)cc(C)cc1C. The lowest BCUT2D eigenvalue weighted by Crippen LogP contribution is -2.55. The molecular weight excluding hydrogens is 550 g/mol. The first-order valence-electron chi connectivity index (χ1n) is 13.9. The summed E-state index contributed by atoms with van der Waals surface area (Å²) in [6, 6.07) is 16.9. The number of carbonyl (C=O) groups excluding carboxylic acids is 5. The Morgan fingerprint density at radius 1 is 0.767 bits per heavy atom. The number of benzene rings is 3. The predicted octanol–water partition coefficient (Wildman–Crippen LogP) is 2.63. The highest BCUT2D eigenvalue weighted by Crippen LogP contribution is 2.17. The number of nitrogens with one attached hydrogen (secondary N) is 3. The van der Waals surface area contributed by atoms with Crippen molar-refractivity contribution in [1.82, 2.24) is 16.0 Å². The van der Waals surface area contributed by atoms with Gasteiger partial charge >= 0.3 is 5.97 Å². The number of ether oxygens (including phenoxy) is 1. The Morgan fingerprint density at radius 2 is 1.33 bits per heavy atom. The highest BCUT2D eigenvalue weighted by atomic mass is 16.5. The van der Waals surface area contributed by atoms with E-state index in [-0.39, 0.29) is 18.6 Å². The first-order chi connectivity index (χ1) is 20.4. The maximum atomic E-state index is 13.3. The van der Waals surface area contributed by atoms with Crippen LogP contribution in [0.25, 0.3) is 0 Å². The third-order valence-electron chi connectivity index (χ3n) is 6.69. The first kappa shape index (κ1) is 32.5. The van der Waals surface area contributed by atoms with Crippen LogP contribution >= 0.6 is 0 Å². The highest BCUT2D eigenvalue weighted by Gasteiger charge is 2.27. The van der Waals surface area contributed by atoms with Crippen LogP contribution in [0.15, 0.2) is 66.7 Å². The molecule has 0 aromatic heterocycles. The summed E-state index contributed by atoms with van der Waals surface area (Å²) in [6.45, 7) is 5.85. The number of amides is 3. The van der Waals surface area contributed by atoms with Crippen molar-refractivity contribution in [3.8, 4) is 5.75 Å². The molecule has 0 bridgehead atoms. The number of Topliss-reactive ketones (excluding diaryl/α,β-unsaturated/α-hetero) is 1. The molecule has 226 valence electrons. The molecule has 43 heavy (non-hydrogen) atoms. The average molecular weight is 588 g/mol. The molecule has 3 amide bonds. The lowest BCUT2D eigenvalue weighted by molar-refractivity contribution is -0.132. The number of rotatable bonds is 13. The molecule has 0 fully saturated rings. The van der Waals surface area contributed by atoms with Crippen LogP contribution in [0.5, 0.6) is 5.75 Å². The highest BCUT2D eigenvalue weighted by molar-refractivity contribution is 5.96. The molecule has 0 aliphatic rings. The molecule has 3 aromatic carbocycles. The number of hydrogen-bond donors (Lipinski definition) is 4. The van der Waals surface area contributed by atoms with E-state index in [4.69, 9.17) is 4.74 Å². The second kappa shape index (κ2) is 15.3. The summed E-state index contributed by atoms with van der Waals surface area (Å²) in [5.74, 6) is -2.73. The van der Waals surface area contributed by atoms with Gasteiger partial charge < -0.3 is 25.8 Å². The Hall–Kier alpha value is -4.99. The quantitative estimate of drug-likeness (QED) is 0.225. The van der Waals surface area contributed by atoms with Gasteiger partial charge in [0.2, 0.25) is 17.7 Å². The van der Waals surface area contributed by atoms with E-state index in [2.05, 4.69) is 16.0 Å². The Bertz CT molecular complexity index is 1450. The van der Waals surface area contributed by atoms with Crippen LogP contribution in [0.3, 0.4) is 0 Å². The number of aryl methyl sites for hydroxylation is 3. The lowest BCUT2D eigenvalue weighted by Gasteiger charge is -2.23. The maximum Gasteiger partial charge on any atom is 0.339 e. The monoisotopic (exact) mass is 587 g/mol.